The number of carbonyl (C=O) groups excluding carboxylic acids is 1. The second-order valence-corrected chi connectivity index (χ2v) is 4.13. The highest BCUT2D eigenvalue weighted by atomic mass is 32.1. The Morgan fingerprint density at radius 1 is 1.19 bits per heavy atom. The van der Waals surface area contributed by atoms with Crippen LogP contribution in [0.4, 0.5) is 5.69 Å². The molecule has 88 valence electrons. The monoisotopic (exact) mass is 237 g/mol. The third-order valence-electron chi connectivity index (χ3n) is 1.61. The summed E-state index contributed by atoms with van der Waals surface area (Å²) < 4.78 is 0. The lowest BCUT2D eigenvalue weighted by atomic mass is 10.1. The molecule has 0 unspecified atom stereocenters. The van der Waals surface area contributed by atoms with Gasteiger partial charge >= 0.3 is 0 Å². The van der Waals surface area contributed by atoms with Gasteiger partial charge in [-0.1, -0.05) is 32.5 Å². The number of Topliss-reactive ketones (excluding diaryl/α,β-unsaturated/α-hetero) is 1. The number of carbonyl (C=O) groups is 1. The highest BCUT2D eigenvalue weighted by Gasteiger charge is 1.98. The maximum atomic E-state index is 10.9. The molecule has 2 nitrogen and oxygen atoms in total. The number of anilines is 1. The van der Waals surface area contributed by atoms with Crippen LogP contribution in [0.2, 0.25) is 0 Å². The predicted molar refractivity (Wildman–Crippen MR) is 74.3 cm³/mol. The zero-order chi connectivity index (χ0) is 12.6. The molecule has 0 spiro atoms. The van der Waals surface area contributed by atoms with Crippen molar-refractivity contribution < 1.29 is 4.79 Å². The number of hydrogen-bond donors (Lipinski definition) is 1. The van der Waals surface area contributed by atoms with Gasteiger partial charge in [0.25, 0.3) is 0 Å². The van der Waals surface area contributed by atoms with Gasteiger partial charge in [-0.15, -0.1) is 0 Å². The van der Waals surface area contributed by atoms with Crippen LogP contribution in [0, 0.1) is 0 Å². The Morgan fingerprint density at radius 2 is 1.62 bits per heavy atom. The quantitative estimate of drug-likeness (QED) is 0.621. The smallest absolute Gasteiger partial charge is 0.159 e. The summed E-state index contributed by atoms with van der Waals surface area (Å²) in [7, 11) is 0. The normalized spacial score (nSPS) is 8.75. The van der Waals surface area contributed by atoms with E-state index >= 15 is 0 Å². The van der Waals surface area contributed by atoms with Crippen molar-refractivity contribution in [1.29, 1.82) is 0 Å². The molecule has 0 fully saturated rings. The zero-order valence-corrected chi connectivity index (χ0v) is 11.1. The molecule has 0 saturated heterocycles. The van der Waals surface area contributed by atoms with Gasteiger partial charge in [0.2, 0.25) is 0 Å². The molecule has 0 amide bonds. The Hall–Kier alpha value is -1.22. The van der Waals surface area contributed by atoms with Crippen LogP contribution < -0.4 is 5.32 Å². The van der Waals surface area contributed by atoms with Crippen molar-refractivity contribution in [2.24, 2.45) is 0 Å². The minimum atomic E-state index is 0.0747. The van der Waals surface area contributed by atoms with Crippen LogP contribution in [0.1, 0.15) is 44.5 Å². The van der Waals surface area contributed by atoms with Crippen LogP contribution in [0.25, 0.3) is 0 Å². The number of ketones is 1. The molecule has 0 aromatic heterocycles. The van der Waals surface area contributed by atoms with E-state index in [2.05, 4.69) is 19.2 Å². The summed E-state index contributed by atoms with van der Waals surface area (Å²) in [5.74, 6) is 0.0747. The Balaban J connectivity index is 0.000000673. The first-order chi connectivity index (χ1) is 7.51. The maximum Gasteiger partial charge on any atom is 0.159 e. The summed E-state index contributed by atoms with van der Waals surface area (Å²) in [5.41, 5.74) is 1.63. The van der Waals surface area contributed by atoms with Gasteiger partial charge < -0.3 is 5.32 Å². The lowest BCUT2D eigenvalue weighted by Gasteiger charge is -2.03. The van der Waals surface area contributed by atoms with Crippen LogP contribution in [0.3, 0.4) is 0 Å². The minimum Gasteiger partial charge on any atom is -0.350 e. The molecule has 3 heteroatoms. The third-order valence-corrected chi connectivity index (χ3v) is 1.71. The molecule has 1 N–H and O–H groups in total. The highest BCUT2D eigenvalue weighted by Crippen LogP contribution is 2.09. The van der Waals surface area contributed by atoms with Crippen LogP contribution in [-0.2, 0) is 0 Å². The average molecular weight is 237 g/mol. The van der Waals surface area contributed by atoms with E-state index in [1.165, 1.54) is 6.42 Å². The van der Waals surface area contributed by atoms with Gasteiger partial charge in [0.15, 0.2) is 5.78 Å². The van der Waals surface area contributed by atoms with Crippen molar-refractivity contribution in [3.63, 3.8) is 0 Å². The number of nitrogens with one attached hydrogen (secondary N) is 1. The fraction of sp³-hybridized carbons (Fsp3) is 0.385. The molecule has 1 rings (SSSR count). The van der Waals surface area contributed by atoms with Crippen molar-refractivity contribution >= 4 is 28.7 Å². The molecular weight excluding hydrogens is 218 g/mol. The van der Waals surface area contributed by atoms with E-state index in [1.807, 2.05) is 19.1 Å². The first-order valence-electron chi connectivity index (χ1n) is 5.39. The van der Waals surface area contributed by atoms with E-state index in [9.17, 15) is 4.79 Å². The topological polar surface area (TPSA) is 29.1 Å². The van der Waals surface area contributed by atoms with Gasteiger partial charge in [0.05, 0.1) is 4.99 Å². The first-order valence-corrected chi connectivity index (χ1v) is 5.80. The Kier molecular flexibility index (Phi) is 7.38. The Bertz CT molecular complexity index is 343. The SMILES string of the molecule is CC(=O)c1ccc(NC(C)=S)cc1.CCC. The van der Waals surface area contributed by atoms with Crippen molar-refractivity contribution in [2.75, 3.05) is 5.32 Å². The van der Waals surface area contributed by atoms with Crippen LogP contribution in [-0.4, -0.2) is 10.8 Å². The molecule has 0 heterocycles. The highest BCUT2D eigenvalue weighted by molar-refractivity contribution is 7.80. The third kappa shape index (κ3) is 6.30. The molecule has 0 aliphatic heterocycles. The minimum absolute atomic E-state index is 0.0747. The number of thiocarbonyl (C=S) groups is 1. The number of rotatable bonds is 2. The van der Waals surface area contributed by atoms with Crippen LogP contribution in [0.15, 0.2) is 24.3 Å². The summed E-state index contributed by atoms with van der Waals surface area (Å²) in [6, 6.07) is 7.24. The molecule has 0 aliphatic carbocycles. The second kappa shape index (κ2) is 7.99. The summed E-state index contributed by atoms with van der Waals surface area (Å²) in [6.07, 6.45) is 1.25. The molecule has 1 aromatic carbocycles. The molecule has 0 saturated carbocycles. The fourth-order valence-electron chi connectivity index (χ4n) is 0.992. The van der Waals surface area contributed by atoms with E-state index in [-0.39, 0.29) is 5.78 Å². The maximum absolute atomic E-state index is 10.9. The van der Waals surface area contributed by atoms with Gasteiger partial charge in [-0.05, 0) is 38.1 Å². The van der Waals surface area contributed by atoms with Gasteiger partial charge in [-0.25, -0.2) is 0 Å². The summed E-state index contributed by atoms with van der Waals surface area (Å²) in [6.45, 7) is 7.61. The second-order valence-electron chi connectivity index (χ2n) is 3.52. The molecule has 0 bridgehead atoms. The first kappa shape index (κ1) is 14.8. The fourth-order valence-corrected chi connectivity index (χ4v) is 1.11. The van der Waals surface area contributed by atoms with Gasteiger partial charge in [-0.3, -0.25) is 4.79 Å². The lowest BCUT2D eigenvalue weighted by Crippen LogP contribution is -2.03. The molecule has 0 radical (unpaired) electrons. The lowest BCUT2D eigenvalue weighted by molar-refractivity contribution is 0.101. The van der Waals surface area contributed by atoms with Crippen molar-refractivity contribution in [2.45, 2.75) is 34.1 Å². The largest absolute Gasteiger partial charge is 0.350 e. The molecule has 0 aliphatic rings. The van der Waals surface area contributed by atoms with Crippen molar-refractivity contribution in [1.82, 2.24) is 0 Å². The van der Waals surface area contributed by atoms with E-state index in [1.54, 1.807) is 19.1 Å². The van der Waals surface area contributed by atoms with E-state index in [0.717, 1.165) is 10.7 Å². The summed E-state index contributed by atoms with van der Waals surface area (Å²) >= 11 is 4.88. The summed E-state index contributed by atoms with van der Waals surface area (Å²) in [5, 5.41) is 2.99. The van der Waals surface area contributed by atoms with Crippen molar-refractivity contribution in [3.8, 4) is 0 Å². The van der Waals surface area contributed by atoms with E-state index < -0.39 is 0 Å². The van der Waals surface area contributed by atoms with Gasteiger partial charge in [-0.2, -0.15) is 0 Å². The molecule has 16 heavy (non-hydrogen) atoms. The van der Waals surface area contributed by atoms with Crippen LogP contribution >= 0.6 is 12.2 Å². The van der Waals surface area contributed by atoms with Gasteiger partial charge in [0.1, 0.15) is 0 Å². The van der Waals surface area contributed by atoms with E-state index in [0.29, 0.717) is 5.56 Å². The molecule has 1 aromatic rings. The standard InChI is InChI=1S/C10H11NOS.C3H8/c1-7(12)9-3-5-10(6-4-9)11-8(2)13;1-3-2/h3-6H,1-2H3,(H,11,13);3H2,1-2H3. The van der Waals surface area contributed by atoms with Gasteiger partial charge in [0, 0.05) is 11.3 Å². The average Bonchev–Trinajstić information content (AvgIpc) is 2.18. The number of hydrogen-bond acceptors (Lipinski definition) is 2. The van der Waals surface area contributed by atoms with Crippen molar-refractivity contribution in [3.05, 3.63) is 29.8 Å². The predicted octanol–water partition coefficient (Wildman–Crippen LogP) is 4.06. The Morgan fingerprint density at radius 3 is 1.94 bits per heavy atom. The van der Waals surface area contributed by atoms with Crippen LogP contribution in [0.5, 0.6) is 0 Å². The molecule has 0 atom stereocenters. The van der Waals surface area contributed by atoms with E-state index in [4.69, 9.17) is 12.2 Å². The zero-order valence-electron chi connectivity index (χ0n) is 10.3. The Labute approximate surface area is 103 Å². The number of benzene rings is 1. The molecular formula is C13H19NOS. The summed E-state index contributed by atoms with van der Waals surface area (Å²) in [4.78, 5) is 11.7.